The van der Waals surface area contributed by atoms with Crippen LogP contribution in [0.1, 0.15) is 23.0 Å². The van der Waals surface area contributed by atoms with E-state index in [1.807, 2.05) is 19.1 Å². The number of aryl methyl sites for hydroxylation is 1. The summed E-state index contributed by atoms with van der Waals surface area (Å²) in [7, 11) is 0. The van der Waals surface area contributed by atoms with Crippen LogP contribution in [0, 0.1) is 6.92 Å². The van der Waals surface area contributed by atoms with Gasteiger partial charge in [0.25, 0.3) is 0 Å². The Morgan fingerprint density at radius 1 is 1.10 bits per heavy atom. The van der Waals surface area contributed by atoms with Crippen molar-refractivity contribution in [3.63, 3.8) is 0 Å². The fourth-order valence-corrected chi connectivity index (χ4v) is 1.78. The zero-order valence-electron chi connectivity index (χ0n) is 11.1. The monoisotopic (exact) mass is 318 g/mol. The molecule has 7 heteroatoms. The smallest absolute Gasteiger partial charge is 0.406 e. The predicted molar refractivity (Wildman–Crippen MR) is 75.4 cm³/mol. The number of nitrogens with zero attached hydrogens (tertiary/aromatic N) is 1. The van der Waals surface area contributed by atoms with E-state index < -0.39 is 12.4 Å². The first kappa shape index (κ1) is 17.3. The molecule has 0 saturated carbocycles. The van der Waals surface area contributed by atoms with E-state index in [1.54, 1.807) is 6.07 Å². The van der Waals surface area contributed by atoms with Crippen molar-refractivity contribution in [1.82, 2.24) is 4.98 Å². The molecule has 0 aliphatic rings. The van der Waals surface area contributed by atoms with Crippen molar-refractivity contribution >= 4 is 12.4 Å². The molecule has 0 saturated heterocycles. The Morgan fingerprint density at radius 2 is 1.71 bits per heavy atom. The first-order valence-electron chi connectivity index (χ1n) is 5.90. The largest absolute Gasteiger partial charge is 0.573 e. The van der Waals surface area contributed by atoms with Gasteiger partial charge in [-0.1, -0.05) is 18.2 Å². The number of aromatic nitrogens is 1. The van der Waals surface area contributed by atoms with Gasteiger partial charge in [-0.25, -0.2) is 0 Å². The van der Waals surface area contributed by atoms with Gasteiger partial charge in [-0.3, -0.25) is 4.98 Å². The molecule has 0 aliphatic carbocycles. The molecule has 3 nitrogen and oxygen atoms in total. The topological polar surface area (TPSA) is 48.1 Å². The Balaban J connectivity index is 0.00000220. The Bertz CT molecular complexity index is 588. The molecule has 2 rings (SSSR count). The Morgan fingerprint density at radius 3 is 2.24 bits per heavy atom. The van der Waals surface area contributed by atoms with Crippen molar-refractivity contribution in [2.24, 2.45) is 5.73 Å². The summed E-state index contributed by atoms with van der Waals surface area (Å²) in [5.74, 6) is -0.273. The summed E-state index contributed by atoms with van der Waals surface area (Å²) in [6.45, 7) is 1.84. The molecule has 0 radical (unpaired) electrons. The third-order valence-electron chi connectivity index (χ3n) is 2.70. The predicted octanol–water partition coefficient (Wildman–Crippen LogP) is 3.76. The fourth-order valence-electron chi connectivity index (χ4n) is 1.78. The highest BCUT2D eigenvalue weighted by Gasteiger charge is 2.31. The van der Waals surface area contributed by atoms with Gasteiger partial charge in [-0.2, -0.15) is 0 Å². The molecule has 2 N–H and O–H groups in total. The SMILES string of the molecule is Cc1cccc([C@H](N)c2ccc(OC(F)(F)F)cc2)n1.Cl. The Labute approximate surface area is 126 Å². The van der Waals surface area contributed by atoms with Crippen molar-refractivity contribution in [3.05, 3.63) is 59.4 Å². The van der Waals surface area contributed by atoms with Crippen LogP contribution in [-0.2, 0) is 0 Å². The average molecular weight is 319 g/mol. The van der Waals surface area contributed by atoms with Gasteiger partial charge in [0.15, 0.2) is 0 Å². The minimum atomic E-state index is -4.69. The number of hydrogen-bond donors (Lipinski definition) is 1. The lowest BCUT2D eigenvalue weighted by atomic mass is 10.0. The van der Waals surface area contributed by atoms with Crippen molar-refractivity contribution < 1.29 is 17.9 Å². The number of alkyl halides is 3. The van der Waals surface area contributed by atoms with Crippen LogP contribution in [0.25, 0.3) is 0 Å². The van der Waals surface area contributed by atoms with Gasteiger partial charge in [-0.05, 0) is 36.8 Å². The highest BCUT2D eigenvalue weighted by Crippen LogP contribution is 2.25. The molecule has 0 amide bonds. The molecular formula is C14H14ClF3N2O. The molecule has 1 aromatic heterocycles. The molecule has 0 spiro atoms. The normalized spacial score (nSPS) is 12.4. The molecule has 1 aromatic carbocycles. The molecule has 21 heavy (non-hydrogen) atoms. The summed E-state index contributed by atoms with van der Waals surface area (Å²) >= 11 is 0. The van der Waals surface area contributed by atoms with Crippen LogP contribution in [0.5, 0.6) is 5.75 Å². The number of benzene rings is 1. The summed E-state index contributed by atoms with van der Waals surface area (Å²) in [6, 6.07) is 10.4. The van der Waals surface area contributed by atoms with Gasteiger partial charge < -0.3 is 10.5 Å². The van der Waals surface area contributed by atoms with Gasteiger partial charge in [0, 0.05) is 5.69 Å². The molecule has 0 unspecified atom stereocenters. The second kappa shape index (κ2) is 6.78. The minimum Gasteiger partial charge on any atom is -0.406 e. The van der Waals surface area contributed by atoms with Crippen LogP contribution in [0.3, 0.4) is 0 Å². The maximum absolute atomic E-state index is 12.1. The highest BCUT2D eigenvalue weighted by molar-refractivity contribution is 5.85. The maximum Gasteiger partial charge on any atom is 0.573 e. The fraction of sp³-hybridized carbons (Fsp3) is 0.214. The lowest BCUT2D eigenvalue weighted by Gasteiger charge is -2.13. The van der Waals surface area contributed by atoms with Gasteiger partial charge in [-0.15, -0.1) is 25.6 Å². The Kier molecular flexibility index (Phi) is 5.57. The molecule has 1 heterocycles. The van der Waals surface area contributed by atoms with Crippen LogP contribution >= 0.6 is 12.4 Å². The third kappa shape index (κ3) is 4.91. The van der Waals surface area contributed by atoms with E-state index >= 15 is 0 Å². The number of rotatable bonds is 3. The van der Waals surface area contributed by atoms with Crippen LogP contribution in [0.2, 0.25) is 0 Å². The zero-order chi connectivity index (χ0) is 14.8. The molecule has 114 valence electrons. The molecular weight excluding hydrogens is 305 g/mol. The van der Waals surface area contributed by atoms with Crippen molar-refractivity contribution in [2.75, 3.05) is 0 Å². The lowest BCUT2D eigenvalue weighted by Crippen LogP contribution is -2.17. The van der Waals surface area contributed by atoms with Gasteiger partial charge in [0.05, 0.1) is 11.7 Å². The summed E-state index contributed by atoms with van der Waals surface area (Å²) in [5.41, 5.74) is 8.19. The van der Waals surface area contributed by atoms with E-state index in [0.29, 0.717) is 11.3 Å². The minimum absolute atomic E-state index is 0. The van der Waals surface area contributed by atoms with Gasteiger partial charge in [0.1, 0.15) is 5.75 Å². The molecule has 0 aliphatic heterocycles. The first-order chi connectivity index (χ1) is 9.35. The number of pyridine rings is 1. The van der Waals surface area contributed by atoms with E-state index in [4.69, 9.17) is 5.73 Å². The standard InChI is InChI=1S/C14H13F3N2O.ClH/c1-9-3-2-4-12(19-9)13(18)10-5-7-11(8-6-10)20-14(15,16)17;/h2-8,13H,18H2,1H3;1H/t13-;/m1./s1. The number of nitrogens with two attached hydrogens (primary N) is 1. The number of halogens is 4. The van der Waals surface area contributed by atoms with Crippen molar-refractivity contribution in [3.8, 4) is 5.75 Å². The maximum atomic E-state index is 12.1. The zero-order valence-corrected chi connectivity index (χ0v) is 11.9. The molecule has 2 aromatic rings. The van der Waals surface area contributed by atoms with E-state index in [1.165, 1.54) is 24.3 Å². The summed E-state index contributed by atoms with van der Waals surface area (Å²) in [4.78, 5) is 4.30. The number of ether oxygens (including phenoxy) is 1. The Hall–Kier alpha value is -1.79. The third-order valence-corrected chi connectivity index (χ3v) is 2.70. The van der Waals surface area contributed by atoms with Crippen LogP contribution < -0.4 is 10.5 Å². The van der Waals surface area contributed by atoms with Crippen LogP contribution in [-0.4, -0.2) is 11.3 Å². The summed E-state index contributed by atoms with van der Waals surface area (Å²) in [5, 5.41) is 0. The number of hydrogen-bond acceptors (Lipinski definition) is 3. The van der Waals surface area contributed by atoms with Crippen LogP contribution in [0.15, 0.2) is 42.5 Å². The summed E-state index contributed by atoms with van der Waals surface area (Å²) in [6.07, 6.45) is -4.69. The van der Waals surface area contributed by atoms with Crippen molar-refractivity contribution in [2.45, 2.75) is 19.3 Å². The van der Waals surface area contributed by atoms with Gasteiger partial charge >= 0.3 is 6.36 Å². The van der Waals surface area contributed by atoms with Crippen molar-refractivity contribution in [1.29, 1.82) is 0 Å². The van der Waals surface area contributed by atoms with Crippen LogP contribution in [0.4, 0.5) is 13.2 Å². The average Bonchev–Trinajstić information content (AvgIpc) is 2.37. The van der Waals surface area contributed by atoms with E-state index in [9.17, 15) is 13.2 Å². The van der Waals surface area contributed by atoms with E-state index in [-0.39, 0.29) is 18.2 Å². The summed E-state index contributed by atoms with van der Waals surface area (Å²) < 4.78 is 40.0. The lowest BCUT2D eigenvalue weighted by molar-refractivity contribution is -0.274. The van der Waals surface area contributed by atoms with E-state index in [2.05, 4.69) is 9.72 Å². The second-order valence-electron chi connectivity index (χ2n) is 4.30. The highest BCUT2D eigenvalue weighted by atomic mass is 35.5. The quantitative estimate of drug-likeness (QED) is 0.937. The second-order valence-corrected chi connectivity index (χ2v) is 4.30. The van der Waals surface area contributed by atoms with Gasteiger partial charge in [0.2, 0.25) is 0 Å². The molecule has 0 bridgehead atoms. The molecule has 1 atom stereocenters. The first-order valence-corrected chi connectivity index (χ1v) is 5.90. The molecule has 0 fully saturated rings. The van der Waals surface area contributed by atoms with E-state index in [0.717, 1.165) is 5.69 Å².